The minimum absolute atomic E-state index is 0.225. The molecular formula is C20H36GeO. The monoisotopic (exact) mass is 366 g/mol. The Kier molecular flexibility index (Phi) is 4.82. The van der Waals surface area contributed by atoms with Gasteiger partial charge in [0.05, 0.1) is 0 Å². The van der Waals surface area contributed by atoms with Gasteiger partial charge in [0.15, 0.2) is 0 Å². The summed E-state index contributed by atoms with van der Waals surface area (Å²) in [5, 5.41) is 0. The zero-order chi connectivity index (χ0) is 16.9. The summed E-state index contributed by atoms with van der Waals surface area (Å²) in [4.78, 5) is 12.6. The van der Waals surface area contributed by atoms with E-state index in [0.29, 0.717) is 17.6 Å². The predicted molar refractivity (Wildman–Crippen MR) is 98.6 cm³/mol. The molecule has 22 heavy (non-hydrogen) atoms. The molecule has 0 bridgehead atoms. The Morgan fingerprint density at radius 3 is 2.45 bits per heavy atom. The van der Waals surface area contributed by atoms with Crippen molar-refractivity contribution in [3.8, 4) is 0 Å². The third kappa shape index (κ3) is 2.66. The molecule has 0 aliphatic heterocycles. The predicted octanol–water partition coefficient (Wildman–Crippen LogP) is 5.87. The van der Waals surface area contributed by atoms with Crippen molar-refractivity contribution < 1.29 is 4.79 Å². The van der Waals surface area contributed by atoms with Gasteiger partial charge in [0.1, 0.15) is 0 Å². The fourth-order valence-electron chi connectivity index (χ4n) is 5.67. The van der Waals surface area contributed by atoms with Crippen LogP contribution in [0.15, 0.2) is 11.0 Å². The number of fused-ring (bicyclic) bond motifs is 1. The number of ketones is 1. The summed E-state index contributed by atoms with van der Waals surface area (Å²) >= 11 is -1.76. The van der Waals surface area contributed by atoms with E-state index in [1.165, 1.54) is 23.7 Å². The molecule has 2 fully saturated rings. The second kappa shape index (κ2) is 5.79. The Hall–Kier alpha value is -0.0471. The van der Waals surface area contributed by atoms with Gasteiger partial charge in [-0.1, -0.05) is 0 Å². The Morgan fingerprint density at radius 2 is 1.95 bits per heavy atom. The Morgan fingerprint density at radius 1 is 1.36 bits per heavy atom. The molecule has 2 heteroatoms. The maximum atomic E-state index is 12.6. The topological polar surface area (TPSA) is 17.1 Å². The van der Waals surface area contributed by atoms with Gasteiger partial charge in [-0.2, -0.15) is 0 Å². The van der Waals surface area contributed by atoms with Crippen LogP contribution >= 0.6 is 0 Å². The van der Waals surface area contributed by atoms with E-state index in [4.69, 9.17) is 0 Å². The average molecular weight is 365 g/mol. The zero-order valence-electron chi connectivity index (χ0n) is 15.9. The van der Waals surface area contributed by atoms with Crippen molar-refractivity contribution in [1.29, 1.82) is 0 Å². The first-order chi connectivity index (χ1) is 9.95. The maximum absolute atomic E-state index is 12.6. The van der Waals surface area contributed by atoms with E-state index in [-0.39, 0.29) is 16.7 Å². The third-order valence-electron chi connectivity index (χ3n) is 7.45. The van der Waals surface area contributed by atoms with Gasteiger partial charge >= 0.3 is 140 Å². The van der Waals surface area contributed by atoms with Crippen LogP contribution in [0.2, 0.25) is 17.3 Å². The fraction of sp³-hybridized carbons (Fsp3) is 0.850. The summed E-state index contributed by atoms with van der Waals surface area (Å²) in [6, 6.07) is 0. The molecular weight excluding hydrogens is 329 g/mol. The molecule has 0 aromatic rings. The van der Waals surface area contributed by atoms with Crippen LogP contribution in [0.1, 0.15) is 59.8 Å². The van der Waals surface area contributed by atoms with Gasteiger partial charge in [0.25, 0.3) is 0 Å². The van der Waals surface area contributed by atoms with Crippen LogP contribution in [0.3, 0.4) is 0 Å². The average Bonchev–Trinajstić information content (AvgIpc) is 2.76. The molecule has 0 unspecified atom stereocenters. The molecule has 0 aromatic carbocycles. The van der Waals surface area contributed by atoms with E-state index in [1.807, 2.05) is 0 Å². The molecule has 0 saturated heterocycles. The summed E-state index contributed by atoms with van der Waals surface area (Å²) in [5.74, 6) is 9.49. The summed E-state index contributed by atoms with van der Waals surface area (Å²) < 4.78 is 1.52. The molecule has 4 atom stereocenters. The SMILES string of the molecule is C=[C](CC[C@]12CC[C@H](C(C)C)[C@@]1(C)CC(=O)[C@@H]2C)[Ge]([CH3])([CH3])[CH3]. The van der Waals surface area contributed by atoms with Gasteiger partial charge in [-0.25, -0.2) is 0 Å². The molecule has 0 N–H and O–H groups in total. The van der Waals surface area contributed by atoms with Crippen molar-refractivity contribution in [1.82, 2.24) is 0 Å². The van der Waals surface area contributed by atoms with Gasteiger partial charge in [-0.3, -0.25) is 0 Å². The molecule has 0 aromatic heterocycles. The van der Waals surface area contributed by atoms with Crippen LogP contribution in [0.5, 0.6) is 0 Å². The van der Waals surface area contributed by atoms with Gasteiger partial charge < -0.3 is 0 Å². The molecule has 0 amide bonds. The number of carbonyl (C=O) groups is 1. The van der Waals surface area contributed by atoms with E-state index in [9.17, 15) is 4.79 Å². The van der Waals surface area contributed by atoms with Crippen LogP contribution in [-0.4, -0.2) is 19.0 Å². The van der Waals surface area contributed by atoms with Crippen LogP contribution < -0.4 is 0 Å². The van der Waals surface area contributed by atoms with E-state index in [0.717, 1.165) is 12.8 Å². The van der Waals surface area contributed by atoms with Gasteiger partial charge in [-0.05, 0) is 0 Å². The van der Waals surface area contributed by atoms with E-state index in [1.54, 1.807) is 0 Å². The normalized spacial score (nSPS) is 38.6. The van der Waals surface area contributed by atoms with Crippen molar-refractivity contribution in [2.24, 2.45) is 28.6 Å². The standard InChI is InChI=1S/C20H36GeO/c1-14(2)17-10-12-20(11-9-15(3)21(6,7)8)16(4)18(22)13-19(17,20)5/h14,16-17H,3,9-13H2,1-2,4-8H3/t16-,17+,19+,20+/m0/s1. The molecule has 1 nitrogen and oxygen atoms in total. The molecule has 0 radical (unpaired) electrons. The number of allylic oxidation sites excluding steroid dienone is 1. The van der Waals surface area contributed by atoms with E-state index < -0.39 is 13.3 Å². The number of rotatable bonds is 5. The summed E-state index contributed by atoms with van der Waals surface area (Å²) in [6.45, 7) is 13.8. The van der Waals surface area contributed by atoms with Crippen molar-refractivity contribution >= 4 is 19.0 Å². The Labute approximate surface area is 140 Å². The molecule has 126 valence electrons. The molecule has 2 aliphatic carbocycles. The van der Waals surface area contributed by atoms with Crippen molar-refractivity contribution in [3.05, 3.63) is 11.0 Å². The van der Waals surface area contributed by atoms with Crippen LogP contribution in [0.4, 0.5) is 0 Å². The Balaban J connectivity index is 2.28. The number of carbonyl (C=O) groups excluding carboxylic acids is 1. The van der Waals surface area contributed by atoms with Crippen LogP contribution in [-0.2, 0) is 4.79 Å². The van der Waals surface area contributed by atoms with Crippen molar-refractivity contribution in [2.75, 3.05) is 0 Å². The quantitative estimate of drug-likeness (QED) is 0.557. The number of hydrogen-bond acceptors (Lipinski definition) is 1. The van der Waals surface area contributed by atoms with Crippen LogP contribution in [0, 0.1) is 28.6 Å². The first kappa shape index (κ1) is 18.3. The first-order valence-electron chi connectivity index (χ1n) is 9.17. The van der Waals surface area contributed by atoms with E-state index in [2.05, 4.69) is 51.5 Å². The summed E-state index contributed by atoms with van der Waals surface area (Å²) in [5.41, 5.74) is 0.471. The van der Waals surface area contributed by atoms with Gasteiger partial charge in [-0.15, -0.1) is 0 Å². The van der Waals surface area contributed by atoms with Crippen LogP contribution in [0.25, 0.3) is 0 Å². The second-order valence-corrected chi connectivity index (χ2v) is 20.6. The summed E-state index contributed by atoms with van der Waals surface area (Å²) in [7, 11) is 0. The minimum atomic E-state index is -1.76. The molecule has 0 spiro atoms. The van der Waals surface area contributed by atoms with Gasteiger partial charge in [0, 0.05) is 0 Å². The second-order valence-electron chi connectivity index (χ2n) is 9.68. The molecule has 0 heterocycles. The number of Topliss-reactive ketones (excluding diaryl/α,β-unsaturated/α-hetero) is 1. The fourth-order valence-corrected chi connectivity index (χ4v) is 7.51. The van der Waals surface area contributed by atoms with Crippen molar-refractivity contribution in [3.63, 3.8) is 0 Å². The van der Waals surface area contributed by atoms with Crippen molar-refractivity contribution in [2.45, 2.75) is 77.1 Å². The first-order valence-corrected chi connectivity index (χ1v) is 16.5. The van der Waals surface area contributed by atoms with E-state index >= 15 is 0 Å². The summed E-state index contributed by atoms with van der Waals surface area (Å²) in [6.07, 6.45) is 5.74. The number of hydrogen-bond donors (Lipinski definition) is 0. The third-order valence-corrected chi connectivity index (χ3v) is 12.4. The molecule has 2 saturated carbocycles. The van der Waals surface area contributed by atoms with Gasteiger partial charge in [0.2, 0.25) is 0 Å². The molecule has 2 rings (SSSR count). The molecule has 2 aliphatic rings. The Bertz CT molecular complexity index is 473. The zero-order valence-corrected chi connectivity index (χ0v) is 18.0.